The Morgan fingerprint density at radius 3 is 2.36 bits per heavy atom. The highest BCUT2D eigenvalue weighted by Gasteiger charge is 2.25. The minimum Gasteiger partial charge on any atom is -0.469 e. The summed E-state index contributed by atoms with van der Waals surface area (Å²) in [5.74, 6) is -1.61. The van der Waals surface area contributed by atoms with Crippen LogP contribution in [-0.2, 0) is 11.2 Å². The summed E-state index contributed by atoms with van der Waals surface area (Å²) in [6.07, 6.45) is 2.47. The van der Waals surface area contributed by atoms with Crippen molar-refractivity contribution >= 4 is 11.8 Å². The number of rotatable bonds is 4. The van der Waals surface area contributed by atoms with E-state index < -0.39 is 11.6 Å². The third-order valence-corrected chi connectivity index (χ3v) is 4.25. The molecule has 0 atom stereocenters. The number of carbonyl (C=O) groups is 2. The van der Waals surface area contributed by atoms with Crippen LogP contribution in [0.4, 0.5) is 8.78 Å². The molecule has 0 N–H and O–H groups in total. The van der Waals surface area contributed by atoms with Crippen LogP contribution in [0, 0.1) is 11.6 Å². The van der Waals surface area contributed by atoms with Crippen LogP contribution in [0.1, 0.15) is 22.5 Å². The maximum atomic E-state index is 13.3. The lowest BCUT2D eigenvalue weighted by Gasteiger charge is -2.34. The van der Waals surface area contributed by atoms with Crippen molar-refractivity contribution in [3.8, 4) is 0 Å². The first-order chi connectivity index (χ1) is 12.0. The van der Waals surface area contributed by atoms with Gasteiger partial charge in [0.25, 0.3) is 5.91 Å². The maximum Gasteiger partial charge on any atom is 0.254 e. The van der Waals surface area contributed by atoms with Gasteiger partial charge in [0.15, 0.2) is 11.6 Å². The number of amides is 2. The van der Waals surface area contributed by atoms with E-state index in [9.17, 15) is 18.4 Å². The van der Waals surface area contributed by atoms with E-state index in [1.54, 1.807) is 22.1 Å². The first-order valence-corrected chi connectivity index (χ1v) is 8.09. The molecule has 1 aliphatic heterocycles. The quantitative estimate of drug-likeness (QED) is 0.853. The highest BCUT2D eigenvalue weighted by atomic mass is 19.2. The Morgan fingerprint density at radius 1 is 1.00 bits per heavy atom. The van der Waals surface area contributed by atoms with E-state index in [2.05, 4.69) is 0 Å². The van der Waals surface area contributed by atoms with Gasteiger partial charge in [-0.2, -0.15) is 0 Å². The molecular formula is C18H18F2N2O3. The van der Waals surface area contributed by atoms with Crippen molar-refractivity contribution in [2.24, 2.45) is 0 Å². The molecular weight excluding hydrogens is 330 g/mol. The van der Waals surface area contributed by atoms with Gasteiger partial charge in [-0.1, -0.05) is 0 Å². The van der Waals surface area contributed by atoms with E-state index in [0.29, 0.717) is 39.0 Å². The van der Waals surface area contributed by atoms with Crippen molar-refractivity contribution in [2.45, 2.75) is 12.8 Å². The van der Waals surface area contributed by atoms with Gasteiger partial charge in [0.05, 0.1) is 6.26 Å². The second-order valence-corrected chi connectivity index (χ2v) is 5.88. The van der Waals surface area contributed by atoms with Crippen LogP contribution in [0.15, 0.2) is 41.0 Å². The number of carbonyl (C=O) groups excluding carboxylic acids is 2. The first kappa shape index (κ1) is 17.1. The molecule has 1 aromatic heterocycles. The summed E-state index contributed by atoms with van der Waals surface area (Å²) in [5, 5.41) is 0. The van der Waals surface area contributed by atoms with Gasteiger partial charge < -0.3 is 14.2 Å². The largest absolute Gasteiger partial charge is 0.469 e. The van der Waals surface area contributed by atoms with Crippen molar-refractivity contribution in [3.63, 3.8) is 0 Å². The molecule has 25 heavy (non-hydrogen) atoms. The Balaban J connectivity index is 1.51. The summed E-state index contributed by atoms with van der Waals surface area (Å²) in [6, 6.07) is 6.71. The number of benzene rings is 1. The van der Waals surface area contributed by atoms with Gasteiger partial charge in [0, 0.05) is 44.6 Å². The molecule has 2 aromatic rings. The Hall–Kier alpha value is -2.70. The summed E-state index contributed by atoms with van der Waals surface area (Å²) in [4.78, 5) is 27.8. The van der Waals surface area contributed by atoms with Gasteiger partial charge >= 0.3 is 0 Å². The summed E-state index contributed by atoms with van der Waals surface area (Å²) in [6.45, 7) is 1.58. The van der Waals surface area contributed by atoms with Crippen molar-refractivity contribution in [1.82, 2.24) is 9.80 Å². The molecule has 0 saturated carbocycles. The van der Waals surface area contributed by atoms with E-state index in [1.165, 1.54) is 6.07 Å². The Labute approximate surface area is 143 Å². The highest BCUT2D eigenvalue weighted by molar-refractivity contribution is 5.94. The Bertz CT molecular complexity index is 754. The molecule has 0 bridgehead atoms. The van der Waals surface area contributed by atoms with E-state index in [1.807, 2.05) is 6.07 Å². The summed E-state index contributed by atoms with van der Waals surface area (Å²) in [5.41, 5.74) is 0.108. The van der Waals surface area contributed by atoms with E-state index in [0.717, 1.165) is 17.9 Å². The van der Waals surface area contributed by atoms with Crippen LogP contribution in [0.5, 0.6) is 0 Å². The molecule has 1 aliphatic rings. The molecule has 0 aliphatic carbocycles. The smallest absolute Gasteiger partial charge is 0.254 e. The van der Waals surface area contributed by atoms with Crippen LogP contribution in [0.2, 0.25) is 0 Å². The fraction of sp³-hybridized carbons (Fsp3) is 0.333. The lowest BCUT2D eigenvalue weighted by Crippen LogP contribution is -2.50. The third-order valence-electron chi connectivity index (χ3n) is 4.25. The summed E-state index contributed by atoms with van der Waals surface area (Å²) < 4.78 is 31.4. The zero-order valence-electron chi connectivity index (χ0n) is 13.6. The number of hydrogen-bond donors (Lipinski definition) is 0. The van der Waals surface area contributed by atoms with Gasteiger partial charge in [-0.05, 0) is 30.3 Å². The monoisotopic (exact) mass is 348 g/mol. The van der Waals surface area contributed by atoms with Gasteiger partial charge in [0.1, 0.15) is 5.76 Å². The number of halogens is 2. The minimum absolute atomic E-state index is 0.0105. The number of aryl methyl sites for hydroxylation is 1. The molecule has 2 amide bonds. The highest BCUT2D eigenvalue weighted by Crippen LogP contribution is 2.14. The number of piperazine rings is 1. The zero-order valence-corrected chi connectivity index (χ0v) is 13.6. The molecule has 0 unspecified atom stereocenters. The lowest BCUT2D eigenvalue weighted by molar-refractivity contribution is -0.132. The molecule has 3 rings (SSSR count). The molecule has 0 spiro atoms. The topological polar surface area (TPSA) is 53.8 Å². The van der Waals surface area contributed by atoms with Gasteiger partial charge in [0.2, 0.25) is 5.91 Å². The summed E-state index contributed by atoms with van der Waals surface area (Å²) >= 11 is 0. The summed E-state index contributed by atoms with van der Waals surface area (Å²) in [7, 11) is 0. The molecule has 2 heterocycles. The second kappa shape index (κ2) is 7.46. The lowest BCUT2D eigenvalue weighted by atomic mass is 10.1. The minimum atomic E-state index is -1.04. The Kier molecular flexibility index (Phi) is 5.11. The second-order valence-electron chi connectivity index (χ2n) is 5.88. The molecule has 1 fully saturated rings. The van der Waals surface area contributed by atoms with Crippen LogP contribution in [0.25, 0.3) is 0 Å². The normalized spacial score (nSPS) is 14.6. The maximum absolute atomic E-state index is 13.3. The van der Waals surface area contributed by atoms with Gasteiger partial charge in [-0.15, -0.1) is 0 Å². The van der Waals surface area contributed by atoms with Gasteiger partial charge in [-0.25, -0.2) is 8.78 Å². The average molecular weight is 348 g/mol. The molecule has 7 heteroatoms. The molecule has 1 aromatic carbocycles. The van der Waals surface area contributed by atoms with Crippen LogP contribution >= 0.6 is 0 Å². The molecule has 0 radical (unpaired) electrons. The van der Waals surface area contributed by atoms with Crippen molar-refractivity contribution in [3.05, 3.63) is 59.6 Å². The van der Waals surface area contributed by atoms with Crippen molar-refractivity contribution < 1.29 is 22.8 Å². The van der Waals surface area contributed by atoms with Crippen molar-refractivity contribution in [2.75, 3.05) is 26.2 Å². The molecule has 1 saturated heterocycles. The van der Waals surface area contributed by atoms with E-state index in [-0.39, 0.29) is 17.4 Å². The number of hydrogen-bond acceptors (Lipinski definition) is 3. The van der Waals surface area contributed by atoms with Crippen LogP contribution in [-0.4, -0.2) is 47.8 Å². The number of nitrogens with zero attached hydrogens (tertiary/aromatic N) is 2. The SMILES string of the molecule is O=C(CCc1ccco1)N1CCN(C(=O)c2ccc(F)c(F)c2)CC1. The predicted molar refractivity (Wildman–Crippen MR) is 85.9 cm³/mol. The number of furan rings is 1. The molecule has 5 nitrogen and oxygen atoms in total. The van der Waals surface area contributed by atoms with Crippen molar-refractivity contribution in [1.29, 1.82) is 0 Å². The average Bonchev–Trinajstić information content (AvgIpc) is 3.15. The zero-order chi connectivity index (χ0) is 17.8. The fourth-order valence-electron chi connectivity index (χ4n) is 2.81. The predicted octanol–water partition coefficient (Wildman–Crippen LogP) is 2.48. The third kappa shape index (κ3) is 4.04. The fourth-order valence-corrected chi connectivity index (χ4v) is 2.81. The first-order valence-electron chi connectivity index (χ1n) is 8.09. The van der Waals surface area contributed by atoms with Crippen LogP contribution in [0.3, 0.4) is 0 Å². The van der Waals surface area contributed by atoms with Gasteiger partial charge in [-0.3, -0.25) is 9.59 Å². The Morgan fingerprint density at radius 2 is 1.72 bits per heavy atom. The van der Waals surface area contributed by atoms with E-state index >= 15 is 0 Å². The van der Waals surface area contributed by atoms with E-state index in [4.69, 9.17) is 4.42 Å². The van der Waals surface area contributed by atoms with Crippen LogP contribution < -0.4 is 0 Å². The molecule has 132 valence electrons. The standard InChI is InChI=1S/C18H18F2N2O3/c19-15-5-3-13(12-16(15)20)18(24)22-9-7-21(8-10-22)17(23)6-4-14-2-1-11-25-14/h1-3,5,11-12H,4,6-10H2.